The van der Waals surface area contributed by atoms with Gasteiger partial charge in [0.05, 0.1) is 4.90 Å². The average molecular weight is 389 g/mol. The molecule has 2 aromatic carbocycles. The van der Waals surface area contributed by atoms with Gasteiger partial charge in [0.1, 0.15) is 6.04 Å². The van der Waals surface area contributed by atoms with E-state index >= 15 is 0 Å². The minimum atomic E-state index is -4.71. The highest BCUT2D eigenvalue weighted by atomic mass is 32.2. The van der Waals surface area contributed by atoms with Crippen molar-refractivity contribution in [3.8, 4) is 0 Å². The van der Waals surface area contributed by atoms with Crippen LogP contribution in [0.4, 0.5) is 13.2 Å². The van der Waals surface area contributed by atoms with E-state index in [0.717, 1.165) is 17.3 Å². The Morgan fingerprint density at radius 3 is 2.08 bits per heavy atom. The Morgan fingerprint density at radius 2 is 1.56 bits per heavy atom. The molecule has 0 spiro atoms. The van der Waals surface area contributed by atoms with Gasteiger partial charge in [0, 0.05) is 10.1 Å². The molecule has 0 fully saturated rings. The number of nitrogens with one attached hydrogen (secondary N) is 1. The number of aryl methyl sites for hydroxylation is 1. The highest BCUT2D eigenvalue weighted by Gasteiger charge is 2.46. The summed E-state index contributed by atoms with van der Waals surface area (Å²) in [5, 5.41) is -1.04. The van der Waals surface area contributed by atoms with E-state index in [1.807, 2.05) is 4.72 Å². The van der Waals surface area contributed by atoms with Gasteiger partial charge in [0.15, 0.2) is 0 Å². The first kappa shape index (κ1) is 19.8. The number of rotatable bonds is 6. The summed E-state index contributed by atoms with van der Waals surface area (Å²) in [7, 11) is -4.28. The van der Waals surface area contributed by atoms with Gasteiger partial charge >= 0.3 is 6.18 Å². The van der Waals surface area contributed by atoms with E-state index in [-0.39, 0.29) is 4.90 Å². The number of thioether (sulfide) groups is 1. The number of alkyl halides is 3. The molecular formula is C17H18F3NO2S2. The Hall–Kier alpha value is -1.51. The highest BCUT2D eigenvalue weighted by molar-refractivity contribution is 8.00. The van der Waals surface area contributed by atoms with Gasteiger partial charge in [-0.25, -0.2) is 8.42 Å². The predicted molar refractivity (Wildman–Crippen MR) is 93.1 cm³/mol. The van der Waals surface area contributed by atoms with Crippen molar-refractivity contribution >= 4 is 21.8 Å². The molecule has 0 heterocycles. The van der Waals surface area contributed by atoms with Crippen LogP contribution in [-0.2, 0) is 10.0 Å². The summed E-state index contributed by atoms with van der Waals surface area (Å²) in [4.78, 5) is 0.447. The molecule has 136 valence electrons. The van der Waals surface area contributed by atoms with Crippen molar-refractivity contribution in [2.24, 2.45) is 0 Å². The van der Waals surface area contributed by atoms with Crippen molar-refractivity contribution in [3.63, 3.8) is 0 Å². The molecule has 8 heteroatoms. The summed E-state index contributed by atoms with van der Waals surface area (Å²) in [6, 6.07) is 12.0. The fourth-order valence-electron chi connectivity index (χ4n) is 2.16. The number of benzene rings is 2. The molecule has 1 N–H and O–H groups in total. The summed E-state index contributed by atoms with van der Waals surface area (Å²) < 4.78 is 66.8. The lowest BCUT2D eigenvalue weighted by molar-refractivity contribution is -0.150. The van der Waals surface area contributed by atoms with Crippen molar-refractivity contribution in [2.45, 2.75) is 41.1 Å². The highest BCUT2D eigenvalue weighted by Crippen LogP contribution is 2.33. The van der Waals surface area contributed by atoms with Gasteiger partial charge < -0.3 is 0 Å². The summed E-state index contributed by atoms with van der Waals surface area (Å²) in [6.07, 6.45) is -4.71. The Labute approximate surface area is 149 Å². The first-order valence-electron chi connectivity index (χ1n) is 7.47. The first-order valence-corrected chi connectivity index (χ1v) is 9.83. The van der Waals surface area contributed by atoms with E-state index in [4.69, 9.17) is 0 Å². The lowest BCUT2D eigenvalue weighted by Gasteiger charge is -2.26. The van der Waals surface area contributed by atoms with Crippen molar-refractivity contribution in [3.05, 3.63) is 60.2 Å². The maximum atomic E-state index is 13.4. The Balaban J connectivity index is 2.24. The molecule has 0 aliphatic heterocycles. The van der Waals surface area contributed by atoms with Crippen LogP contribution in [0.15, 0.2) is 64.4 Å². The molecule has 2 rings (SSSR count). The summed E-state index contributed by atoms with van der Waals surface area (Å²) in [5.74, 6) is 0. The van der Waals surface area contributed by atoms with E-state index in [2.05, 4.69) is 0 Å². The van der Waals surface area contributed by atoms with Crippen LogP contribution < -0.4 is 4.72 Å². The Morgan fingerprint density at radius 1 is 1.00 bits per heavy atom. The van der Waals surface area contributed by atoms with Crippen molar-refractivity contribution in [1.29, 1.82) is 0 Å². The number of sulfonamides is 1. The standard InChI is InChI=1S/C17H18F3NO2S2/c1-12-8-10-15(11-9-12)25(22,23)21-16(17(18,19)20)13(2)24-14-6-4-3-5-7-14/h3-11,13,16,21H,1-2H3/t13-,16+/m1/s1. The number of hydrogen-bond acceptors (Lipinski definition) is 3. The lowest BCUT2D eigenvalue weighted by Crippen LogP contribution is -2.50. The topological polar surface area (TPSA) is 46.2 Å². The zero-order valence-corrected chi connectivity index (χ0v) is 15.3. The molecule has 0 unspecified atom stereocenters. The van der Waals surface area contributed by atoms with Crippen LogP contribution in [0.5, 0.6) is 0 Å². The van der Waals surface area contributed by atoms with Crippen LogP contribution >= 0.6 is 11.8 Å². The van der Waals surface area contributed by atoms with Crippen LogP contribution in [0.1, 0.15) is 12.5 Å². The minimum Gasteiger partial charge on any atom is -0.207 e. The van der Waals surface area contributed by atoms with Crippen molar-refractivity contribution in [1.82, 2.24) is 4.72 Å². The second kappa shape index (κ2) is 7.80. The van der Waals surface area contributed by atoms with Gasteiger partial charge in [-0.2, -0.15) is 17.9 Å². The van der Waals surface area contributed by atoms with E-state index < -0.39 is 27.5 Å². The van der Waals surface area contributed by atoms with E-state index in [0.29, 0.717) is 4.90 Å². The monoisotopic (exact) mass is 389 g/mol. The smallest absolute Gasteiger partial charge is 0.207 e. The summed E-state index contributed by atoms with van der Waals surface area (Å²) in [5.41, 5.74) is 0.819. The Bertz CT molecular complexity index is 791. The van der Waals surface area contributed by atoms with Crippen LogP contribution in [0.25, 0.3) is 0 Å². The molecule has 25 heavy (non-hydrogen) atoms. The quantitative estimate of drug-likeness (QED) is 0.746. The molecule has 2 aromatic rings. The second-order valence-corrected chi connectivity index (χ2v) is 8.75. The minimum absolute atomic E-state index is 0.190. The zero-order valence-electron chi connectivity index (χ0n) is 13.6. The lowest BCUT2D eigenvalue weighted by atomic mass is 10.2. The summed E-state index contributed by atoms with van der Waals surface area (Å²) >= 11 is 0.970. The molecule has 0 bridgehead atoms. The molecule has 3 nitrogen and oxygen atoms in total. The molecule has 0 aliphatic rings. The largest absolute Gasteiger partial charge is 0.405 e. The third-order valence-corrected chi connectivity index (χ3v) is 6.15. The summed E-state index contributed by atoms with van der Waals surface area (Å²) in [6.45, 7) is 3.12. The molecule has 0 saturated heterocycles. The molecule has 0 aliphatic carbocycles. The maximum absolute atomic E-state index is 13.4. The predicted octanol–water partition coefficient (Wildman–Crippen LogP) is 4.39. The molecule has 2 atom stereocenters. The van der Waals surface area contributed by atoms with Gasteiger partial charge in [-0.15, -0.1) is 11.8 Å². The van der Waals surface area contributed by atoms with Crippen molar-refractivity contribution in [2.75, 3.05) is 0 Å². The normalized spacial score (nSPS) is 14.9. The second-order valence-electron chi connectivity index (χ2n) is 5.59. The fourth-order valence-corrected chi connectivity index (χ4v) is 4.65. The molecule has 0 saturated carbocycles. The Kier molecular flexibility index (Phi) is 6.18. The zero-order chi connectivity index (χ0) is 18.7. The van der Waals surface area contributed by atoms with Crippen LogP contribution in [0.3, 0.4) is 0 Å². The number of halogens is 3. The number of hydrogen-bond donors (Lipinski definition) is 1. The van der Waals surface area contributed by atoms with E-state index in [1.54, 1.807) is 49.4 Å². The average Bonchev–Trinajstić information content (AvgIpc) is 2.53. The van der Waals surface area contributed by atoms with Crippen LogP contribution in [0, 0.1) is 6.92 Å². The maximum Gasteiger partial charge on any atom is 0.405 e. The van der Waals surface area contributed by atoms with Gasteiger partial charge in [-0.1, -0.05) is 42.8 Å². The third kappa shape index (κ3) is 5.49. The van der Waals surface area contributed by atoms with E-state index in [9.17, 15) is 21.6 Å². The van der Waals surface area contributed by atoms with Crippen molar-refractivity contribution < 1.29 is 21.6 Å². The van der Waals surface area contributed by atoms with Crippen LogP contribution in [0.2, 0.25) is 0 Å². The van der Waals surface area contributed by atoms with Gasteiger partial charge in [0.25, 0.3) is 0 Å². The van der Waals surface area contributed by atoms with Crippen LogP contribution in [-0.4, -0.2) is 25.9 Å². The fraction of sp³-hybridized carbons (Fsp3) is 0.294. The van der Waals surface area contributed by atoms with Gasteiger partial charge in [-0.05, 0) is 31.2 Å². The SMILES string of the molecule is Cc1ccc(S(=O)(=O)N[C@@H]([C@@H](C)Sc2ccccc2)C(F)(F)F)cc1. The molecule has 0 amide bonds. The molecular weight excluding hydrogens is 371 g/mol. The molecule has 0 radical (unpaired) electrons. The molecule has 0 aromatic heterocycles. The van der Waals surface area contributed by atoms with Gasteiger partial charge in [-0.3, -0.25) is 0 Å². The third-order valence-electron chi connectivity index (χ3n) is 3.50. The first-order chi connectivity index (χ1) is 11.6. The van der Waals surface area contributed by atoms with E-state index in [1.165, 1.54) is 19.1 Å². The van der Waals surface area contributed by atoms with Gasteiger partial charge in [0.2, 0.25) is 10.0 Å².